The fraction of sp³-hybridized carbons (Fsp3) is 0.333. The van der Waals surface area contributed by atoms with Crippen molar-refractivity contribution in [3.05, 3.63) is 83.4 Å². The van der Waals surface area contributed by atoms with Gasteiger partial charge in [0, 0.05) is 23.7 Å². The van der Waals surface area contributed by atoms with Crippen LogP contribution in [0.3, 0.4) is 0 Å². The van der Waals surface area contributed by atoms with E-state index in [0.29, 0.717) is 12.6 Å². The molecule has 5 heteroatoms. The van der Waals surface area contributed by atoms with Gasteiger partial charge in [-0.1, -0.05) is 31.2 Å². The van der Waals surface area contributed by atoms with Crippen molar-refractivity contribution in [1.29, 1.82) is 0 Å². The normalized spacial score (nSPS) is 20.9. The third kappa shape index (κ3) is 4.87. The molecule has 0 spiro atoms. The molecule has 1 saturated heterocycles. The van der Waals surface area contributed by atoms with E-state index in [4.69, 9.17) is 9.47 Å². The summed E-state index contributed by atoms with van der Waals surface area (Å²) in [6.07, 6.45) is 0.908. The topological polar surface area (TPSA) is 62.2 Å². The zero-order valence-electron chi connectivity index (χ0n) is 20.6. The summed E-state index contributed by atoms with van der Waals surface area (Å²) in [5, 5.41) is 20.2. The monoisotopic (exact) mass is 471 g/mol. The van der Waals surface area contributed by atoms with Crippen molar-refractivity contribution in [1.82, 2.24) is 4.90 Å². The SMILES string of the molecule is CC1=C(c2cccc(O)c2)[C@@H](c2ccc(OC[C@H](C)N3CC[C@@H](C)C3)cc2)Oc2ccc(O)cc21. The Kier molecular flexibility index (Phi) is 6.44. The molecule has 0 saturated carbocycles. The molecule has 0 bridgehead atoms. The number of allylic oxidation sites excluding steroid dienone is 1. The lowest BCUT2D eigenvalue weighted by atomic mass is 9.86. The van der Waals surface area contributed by atoms with Gasteiger partial charge in [0.25, 0.3) is 0 Å². The van der Waals surface area contributed by atoms with Crippen molar-refractivity contribution in [2.45, 2.75) is 39.3 Å². The Bertz CT molecular complexity index is 1230. The molecule has 2 N–H and O–H groups in total. The number of ether oxygens (including phenoxy) is 2. The molecule has 0 radical (unpaired) electrons. The number of nitrogens with zero attached hydrogens (tertiary/aromatic N) is 1. The lowest BCUT2D eigenvalue weighted by Crippen LogP contribution is -2.35. The van der Waals surface area contributed by atoms with Crippen molar-refractivity contribution in [2.75, 3.05) is 19.7 Å². The predicted molar refractivity (Wildman–Crippen MR) is 139 cm³/mol. The predicted octanol–water partition coefficient (Wildman–Crippen LogP) is 6.27. The van der Waals surface area contributed by atoms with Crippen LogP contribution in [-0.4, -0.2) is 40.9 Å². The number of rotatable bonds is 6. The number of phenols is 2. The van der Waals surface area contributed by atoms with Gasteiger partial charge < -0.3 is 19.7 Å². The zero-order valence-corrected chi connectivity index (χ0v) is 20.6. The van der Waals surface area contributed by atoms with Gasteiger partial charge in [-0.25, -0.2) is 0 Å². The van der Waals surface area contributed by atoms with E-state index in [1.807, 2.05) is 43.3 Å². The van der Waals surface area contributed by atoms with E-state index in [9.17, 15) is 10.2 Å². The second kappa shape index (κ2) is 9.67. The van der Waals surface area contributed by atoms with Crippen LogP contribution in [0.1, 0.15) is 50.0 Å². The summed E-state index contributed by atoms with van der Waals surface area (Å²) in [7, 11) is 0. The summed E-state index contributed by atoms with van der Waals surface area (Å²) < 4.78 is 12.6. The Balaban J connectivity index is 1.41. The lowest BCUT2D eigenvalue weighted by molar-refractivity contribution is 0.169. The first kappa shape index (κ1) is 23.3. The highest BCUT2D eigenvalue weighted by atomic mass is 16.5. The average molecular weight is 472 g/mol. The zero-order chi connectivity index (χ0) is 24.5. The molecular formula is C30H33NO4. The van der Waals surface area contributed by atoms with Gasteiger partial charge in [-0.3, -0.25) is 4.90 Å². The standard InChI is InChI=1S/C30H33NO4/c1-19-13-14-31(17-19)20(2)18-34-26-10-7-22(8-11-26)30-29(23-5-4-6-24(32)15-23)21(3)27-16-25(33)9-12-28(27)35-30/h4-12,15-16,19-20,30,32-33H,13-14,17-18H2,1-3H3/t19-,20+,30-/m1/s1. The minimum Gasteiger partial charge on any atom is -0.508 e. The van der Waals surface area contributed by atoms with Gasteiger partial charge in [-0.2, -0.15) is 0 Å². The third-order valence-corrected chi connectivity index (χ3v) is 7.19. The Morgan fingerprint density at radius 1 is 1.03 bits per heavy atom. The van der Waals surface area contributed by atoms with Crippen LogP contribution in [0.2, 0.25) is 0 Å². The number of hydrogen-bond acceptors (Lipinski definition) is 5. The van der Waals surface area contributed by atoms with Gasteiger partial charge in [0.2, 0.25) is 0 Å². The summed E-state index contributed by atoms with van der Waals surface area (Å²) in [6.45, 7) is 9.52. The van der Waals surface area contributed by atoms with Gasteiger partial charge in [0.05, 0.1) is 0 Å². The fourth-order valence-electron chi connectivity index (χ4n) is 5.15. The van der Waals surface area contributed by atoms with Crippen LogP contribution in [0.25, 0.3) is 11.1 Å². The smallest absolute Gasteiger partial charge is 0.150 e. The van der Waals surface area contributed by atoms with Gasteiger partial charge in [0.15, 0.2) is 0 Å². The second-order valence-corrected chi connectivity index (χ2v) is 9.89. The van der Waals surface area contributed by atoms with E-state index in [1.165, 1.54) is 6.42 Å². The molecule has 35 heavy (non-hydrogen) atoms. The number of phenolic OH excluding ortho intramolecular Hbond substituents is 2. The maximum atomic E-state index is 10.1. The Morgan fingerprint density at radius 3 is 2.51 bits per heavy atom. The highest BCUT2D eigenvalue weighted by Gasteiger charge is 2.30. The number of fused-ring (bicyclic) bond motifs is 1. The lowest BCUT2D eigenvalue weighted by Gasteiger charge is -2.31. The number of benzene rings is 3. The van der Waals surface area contributed by atoms with Gasteiger partial charge in [0.1, 0.15) is 35.7 Å². The highest BCUT2D eigenvalue weighted by molar-refractivity contribution is 5.95. The van der Waals surface area contributed by atoms with Crippen molar-refractivity contribution in [3.8, 4) is 23.0 Å². The van der Waals surface area contributed by atoms with Gasteiger partial charge >= 0.3 is 0 Å². The van der Waals surface area contributed by atoms with Gasteiger partial charge in [-0.05, 0) is 91.9 Å². The minimum absolute atomic E-state index is 0.194. The Morgan fingerprint density at radius 2 is 1.80 bits per heavy atom. The van der Waals surface area contributed by atoms with Crippen molar-refractivity contribution in [3.63, 3.8) is 0 Å². The number of hydrogen-bond donors (Lipinski definition) is 2. The number of likely N-dealkylation sites (tertiary alicyclic amines) is 1. The maximum absolute atomic E-state index is 10.1. The molecule has 5 rings (SSSR count). The van der Waals surface area contributed by atoms with Crippen LogP contribution in [0.4, 0.5) is 0 Å². The van der Waals surface area contributed by atoms with Crippen molar-refractivity contribution in [2.24, 2.45) is 5.92 Å². The van der Waals surface area contributed by atoms with Crippen LogP contribution in [0.15, 0.2) is 66.7 Å². The summed E-state index contributed by atoms with van der Waals surface area (Å²) in [5.74, 6) is 2.73. The van der Waals surface area contributed by atoms with E-state index < -0.39 is 0 Å². The van der Waals surface area contributed by atoms with Crippen LogP contribution in [0.5, 0.6) is 23.0 Å². The molecule has 2 heterocycles. The minimum atomic E-state index is -0.354. The largest absolute Gasteiger partial charge is 0.508 e. The van der Waals surface area contributed by atoms with E-state index in [0.717, 1.165) is 58.3 Å². The molecule has 2 aliphatic rings. The molecule has 0 aliphatic carbocycles. The van der Waals surface area contributed by atoms with Crippen LogP contribution in [0, 0.1) is 5.92 Å². The second-order valence-electron chi connectivity index (χ2n) is 9.89. The first-order valence-corrected chi connectivity index (χ1v) is 12.4. The van der Waals surface area contributed by atoms with Crippen LogP contribution in [-0.2, 0) is 0 Å². The van der Waals surface area contributed by atoms with Crippen molar-refractivity contribution < 1.29 is 19.7 Å². The molecule has 0 unspecified atom stereocenters. The molecule has 5 nitrogen and oxygen atoms in total. The van der Waals surface area contributed by atoms with E-state index in [1.54, 1.807) is 30.3 Å². The molecule has 3 aromatic rings. The molecule has 0 aromatic heterocycles. The first-order chi connectivity index (χ1) is 16.9. The quantitative estimate of drug-likeness (QED) is 0.444. The summed E-state index contributed by atoms with van der Waals surface area (Å²) in [6, 6.07) is 20.9. The molecule has 1 fully saturated rings. The van der Waals surface area contributed by atoms with Crippen LogP contribution < -0.4 is 9.47 Å². The van der Waals surface area contributed by atoms with Gasteiger partial charge in [-0.15, -0.1) is 0 Å². The van der Waals surface area contributed by atoms with E-state index in [-0.39, 0.29) is 17.6 Å². The number of aromatic hydroxyl groups is 2. The summed E-state index contributed by atoms with van der Waals surface area (Å²) in [5.41, 5.74) is 4.70. The molecule has 0 amide bonds. The molecule has 3 atom stereocenters. The van der Waals surface area contributed by atoms with Crippen LogP contribution >= 0.6 is 0 Å². The average Bonchev–Trinajstić information content (AvgIpc) is 3.29. The summed E-state index contributed by atoms with van der Waals surface area (Å²) in [4.78, 5) is 2.50. The fourth-order valence-corrected chi connectivity index (χ4v) is 5.15. The molecule has 3 aromatic carbocycles. The third-order valence-electron chi connectivity index (χ3n) is 7.19. The molecule has 2 aliphatic heterocycles. The van der Waals surface area contributed by atoms with E-state index >= 15 is 0 Å². The first-order valence-electron chi connectivity index (χ1n) is 12.4. The Hall–Kier alpha value is -3.44. The molecular weight excluding hydrogens is 438 g/mol. The van der Waals surface area contributed by atoms with E-state index in [2.05, 4.69) is 18.7 Å². The Labute approximate surface area is 207 Å². The highest BCUT2D eigenvalue weighted by Crippen LogP contribution is 2.47. The van der Waals surface area contributed by atoms with Crippen molar-refractivity contribution >= 4 is 11.1 Å². The molecule has 182 valence electrons. The summed E-state index contributed by atoms with van der Waals surface area (Å²) >= 11 is 0. The maximum Gasteiger partial charge on any atom is 0.150 e.